The van der Waals surface area contributed by atoms with Gasteiger partial charge in [0.25, 0.3) is 0 Å². The Morgan fingerprint density at radius 3 is 2.89 bits per heavy atom. The summed E-state index contributed by atoms with van der Waals surface area (Å²) in [4.78, 5) is 4.75. The fourth-order valence-corrected chi connectivity index (χ4v) is 2.12. The van der Waals surface area contributed by atoms with Crippen LogP contribution in [0.4, 0.5) is 0 Å². The molecule has 0 fully saturated rings. The van der Waals surface area contributed by atoms with Crippen LogP contribution in [-0.2, 0) is 0 Å². The highest BCUT2D eigenvalue weighted by Gasteiger charge is 2.00. The SMILES string of the molecule is CC/C=C/CC/C(CC)=N\CCC1=CC=CCC1. The third-order valence-corrected chi connectivity index (χ3v) is 3.28. The molecule has 18 heavy (non-hydrogen) atoms. The van der Waals surface area contributed by atoms with Crippen LogP contribution < -0.4 is 0 Å². The van der Waals surface area contributed by atoms with Gasteiger partial charge in [0.15, 0.2) is 0 Å². The Kier molecular flexibility index (Phi) is 8.20. The van der Waals surface area contributed by atoms with Gasteiger partial charge in [0.05, 0.1) is 0 Å². The van der Waals surface area contributed by atoms with Crippen LogP contribution in [0.15, 0.2) is 40.9 Å². The second-order valence-corrected chi connectivity index (χ2v) is 4.76. The number of rotatable bonds is 8. The van der Waals surface area contributed by atoms with E-state index >= 15 is 0 Å². The van der Waals surface area contributed by atoms with Gasteiger partial charge in [-0.05, 0) is 44.9 Å². The molecule has 0 unspecified atom stereocenters. The monoisotopic (exact) mass is 245 g/mol. The highest BCUT2D eigenvalue weighted by molar-refractivity contribution is 5.84. The van der Waals surface area contributed by atoms with Gasteiger partial charge in [0.1, 0.15) is 0 Å². The lowest BCUT2D eigenvalue weighted by Gasteiger charge is -2.08. The predicted octanol–water partition coefficient (Wildman–Crippen LogP) is 5.25. The first-order chi connectivity index (χ1) is 8.86. The van der Waals surface area contributed by atoms with Gasteiger partial charge in [-0.2, -0.15) is 0 Å². The van der Waals surface area contributed by atoms with Crippen LogP contribution in [0.25, 0.3) is 0 Å². The Morgan fingerprint density at radius 2 is 2.22 bits per heavy atom. The van der Waals surface area contributed by atoms with E-state index in [0.717, 1.165) is 38.6 Å². The number of hydrogen-bond acceptors (Lipinski definition) is 1. The molecule has 0 aromatic heterocycles. The van der Waals surface area contributed by atoms with Crippen LogP contribution in [0.5, 0.6) is 0 Å². The number of hydrogen-bond donors (Lipinski definition) is 0. The topological polar surface area (TPSA) is 12.4 Å². The lowest BCUT2D eigenvalue weighted by atomic mass is 10.0. The van der Waals surface area contributed by atoms with Gasteiger partial charge in [-0.1, -0.05) is 49.8 Å². The average molecular weight is 245 g/mol. The predicted molar refractivity (Wildman–Crippen MR) is 82.3 cm³/mol. The van der Waals surface area contributed by atoms with Crippen molar-refractivity contribution in [3.63, 3.8) is 0 Å². The van der Waals surface area contributed by atoms with E-state index in [2.05, 4.69) is 44.2 Å². The summed E-state index contributed by atoms with van der Waals surface area (Å²) in [5.41, 5.74) is 2.94. The zero-order valence-corrected chi connectivity index (χ0v) is 12.0. The molecule has 0 aromatic rings. The maximum atomic E-state index is 4.75. The van der Waals surface area contributed by atoms with Crippen LogP contribution >= 0.6 is 0 Å². The minimum Gasteiger partial charge on any atom is -0.294 e. The first-order valence-electron chi connectivity index (χ1n) is 7.38. The molecule has 1 rings (SSSR count). The van der Waals surface area contributed by atoms with Crippen molar-refractivity contribution < 1.29 is 0 Å². The second kappa shape index (κ2) is 9.87. The summed E-state index contributed by atoms with van der Waals surface area (Å²) >= 11 is 0. The Balaban J connectivity index is 2.26. The smallest absolute Gasteiger partial charge is 0.0425 e. The van der Waals surface area contributed by atoms with Crippen molar-refractivity contribution in [3.05, 3.63) is 36.0 Å². The summed E-state index contributed by atoms with van der Waals surface area (Å²) in [5, 5.41) is 0. The highest BCUT2D eigenvalue weighted by atomic mass is 14.7. The van der Waals surface area contributed by atoms with Crippen molar-refractivity contribution >= 4 is 5.71 Å². The number of aliphatic imine (C=N–C) groups is 1. The van der Waals surface area contributed by atoms with Crippen LogP contribution in [0, 0.1) is 0 Å². The van der Waals surface area contributed by atoms with Gasteiger partial charge in [-0.25, -0.2) is 0 Å². The van der Waals surface area contributed by atoms with E-state index in [-0.39, 0.29) is 0 Å². The Hall–Kier alpha value is -1.11. The molecule has 0 heterocycles. The van der Waals surface area contributed by atoms with Gasteiger partial charge < -0.3 is 0 Å². The lowest BCUT2D eigenvalue weighted by molar-refractivity contribution is 0.841. The van der Waals surface area contributed by atoms with Gasteiger partial charge in [0, 0.05) is 12.3 Å². The Labute approximate surface area is 112 Å². The van der Waals surface area contributed by atoms with Gasteiger partial charge in [0.2, 0.25) is 0 Å². The summed E-state index contributed by atoms with van der Waals surface area (Å²) < 4.78 is 0. The summed E-state index contributed by atoms with van der Waals surface area (Å²) in [6, 6.07) is 0. The molecule has 1 aliphatic rings. The molecule has 0 aromatic carbocycles. The van der Waals surface area contributed by atoms with E-state index in [1.54, 1.807) is 5.57 Å². The van der Waals surface area contributed by atoms with Crippen LogP contribution in [0.2, 0.25) is 0 Å². The molecule has 0 aliphatic heterocycles. The molecule has 1 aliphatic carbocycles. The zero-order valence-electron chi connectivity index (χ0n) is 12.0. The standard InChI is InChI=1S/C17H27N/c1-3-5-6-10-13-17(4-2)18-15-14-16-11-8-7-9-12-16/h5-8,11H,3-4,9-10,12-15H2,1-2H3/b6-5+,18-17-. The molecule has 0 saturated heterocycles. The van der Waals surface area contributed by atoms with Crippen LogP contribution in [0.1, 0.15) is 58.8 Å². The third kappa shape index (κ3) is 6.58. The number of nitrogens with zero attached hydrogens (tertiary/aromatic N) is 1. The fourth-order valence-electron chi connectivity index (χ4n) is 2.12. The summed E-state index contributed by atoms with van der Waals surface area (Å²) in [5.74, 6) is 0. The molecule has 1 heteroatoms. The molecule has 0 spiro atoms. The Bertz CT molecular complexity index is 332. The maximum absolute atomic E-state index is 4.75. The molecule has 100 valence electrons. The van der Waals surface area contributed by atoms with E-state index in [0.29, 0.717) is 0 Å². The van der Waals surface area contributed by atoms with Crippen molar-refractivity contribution in [2.24, 2.45) is 4.99 Å². The zero-order chi connectivity index (χ0) is 13.1. The lowest BCUT2D eigenvalue weighted by Crippen LogP contribution is -1.99. The quantitative estimate of drug-likeness (QED) is 0.409. The summed E-state index contributed by atoms with van der Waals surface area (Å²) in [7, 11) is 0. The fraction of sp³-hybridized carbons (Fsp3) is 0.588. The molecular weight excluding hydrogens is 218 g/mol. The van der Waals surface area contributed by atoms with E-state index in [9.17, 15) is 0 Å². The first kappa shape index (κ1) is 14.9. The Morgan fingerprint density at radius 1 is 1.33 bits per heavy atom. The molecule has 0 bridgehead atoms. The highest BCUT2D eigenvalue weighted by Crippen LogP contribution is 2.15. The summed E-state index contributed by atoms with van der Waals surface area (Å²) in [6.07, 6.45) is 19.3. The van der Waals surface area contributed by atoms with E-state index in [1.165, 1.54) is 18.6 Å². The average Bonchev–Trinajstić information content (AvgIpc) is 2.42. The van der Waals surface area contributed by atoms with Gasteiger partial charge in [-0.3, -0.25) is 4.99 Å². The van der Waals surface area contributed by atoms with Crippen molar-refractivity contribution in [1.82, 2.24) is 0 Å². The van der Waals surface area contributed by atoms with Crippen molar-refractivity contribution in [2.75, 3.05) is 6.54 Å². The van der Waals surface area contributed by atoms with Crippen LogP contribution in [0.3, 0.4) is 0 Å². The minimum absolute atomic E-state index is 0.973. The molecule has 1 nitrogen and oxygen atoms in total. The van der Waals surface area contributed by atoms with Crippen molar-refractivity contribution in [2.45, 2.75) is 58.8 Å². The first-order valence-corrected chi connectivity index (χ1v) is 7.38. The van der Waals surface area contributed by atoms with E-state index in [4.69, 9.17) is 4.99 Å². The molecule has 0 saturated carbocycles. The minimum atomic E-state index is 0.973. The summed E-state index contributed by atoms with van der Waals surface area (Å²) in [6.45, 7) is 5.36. The van der Waals surface area contributed by atoms with Gasteiger partial charge in [-0.15, -0.1) is 0 Å². The normalized spacial score (nSPS) is 16.3. The van der Waals surface area contributed by atoms with E-state index < -0.39 is 0 Å². The molecule has 0 atom stereocenters. The van der Waals surface area contributed by atoms with Crippen molar-refractivity contribution in [3.8, 4) is 0 Å². The van der Waals surface area contributed by atoms with Crippen LogP contribution in [-0.4, -0.2) is 12.3 Å². The largest absolute Gasteiger partial charge is 0.294 e. The molecular formula is C17H27N. The van der Waals surface area contributed by atoms with Gasteiger partial charge >= 0.3 is 0 Å². The second-order valence-electron chi connectivity index (χ2n) is 4.76. The molecule has 0 radical (unpaired) electrons. The number of allylic oxidation sites excluding steroid dienone is 5. The van der Waals surface area contributed by atoms with Crippen molar-refractivity contribution in [1.29, 1.82) is 0 Å². The molecule has 0 N–H and O–H groups in total. The maximum Gasteiger partial charge on any atom is 0.0425 e. The third-order valence-electron chi connectivity index (χ3n) is 3.28. The molecule has 0 amide bonds. The van der Waals surface area contributed by atoms with E-state index in [1.807, 2.05) is 0 Å².